The highest BCUT2D eigenvalue weighted by atomic mass is 19.1. The second-order valence-electron chi connectivity index (χ2n) is 5.31. The molecule has 1 atom stereocenters. The minimum atomic E-state index is -0.926. The van der Waals surface area contributed by atoms with Gasteiger partial charge in [-0.3, -0.25) is 0 Å². The summed E-state index contributed by atoms with van der Waals surface area (Å²) in [4.78, 5) is 2.12. The molecule has 0 saturated heterocycles. The number of nitrogens with zero attached hydrogens (tertiary/aromatic N) is 1. The Kier molecular flexibility index (Phi) is 5.69. The molecule has 0 fully saturated rings. The molecule has 0 aromatic heterocycles. The minimum absolute atomic E-state index is 0.354. The molecule has 3 nitrogen and oxygen atoms in total. The van der Waals surface area contributed by atoms with Gasteiger partial charge in [-0.05, 0) is 37.7 Å². The van der Waals surface area contributed by atoms with Crippen molar-refractivity contribution in [1.82, 2.24) is 10.2 Å². The second-order valence-corrected chi connectivity index (χ2v) is 5.31. The van der Waals surface area contributed by atoms with Gasteiger partial charge >= 0.3 is 0 Å². The molecule has 0 radical (unpaired) electrons. The predicted octanol–water partition coefficient (Wildman–Crippen LogP) is 2.35. The summed E-state index contributed by atoms with van der Waals surface area (Å²) in [6.07, 6.45) is 0. The molecular weight excluding hydrogens is 250 g/mol. The Labute approximate surface area is 113 Å². The fourth-order valence-electron chi connectivity index (χ4n) is 2.10. The van der Waals surface area contributed by atoms with Crippen LogP contribution in [0.25, 0.3) is 0 Å². The van der Waals surface area contributed by atoms with Crippen molar-refractivity contribution in [2.24, 2.45) is 5.92 Å². The molecule has 19 heavy (non-hydrogen) atoms. The third-order valence-corrected chi connectivity index (χ3v) is 3.19. The third-order valence-electron chi connectivity index (χ3n) is 3.19. The summed E-state index contributed by atoms with van der Waals surface area (Å²) < 4.78 is 26.3. The van der Waals surface area contributed by atoms with E-state index in [1.54, 1.807) is 0 Å². The molecule has 0 saturated carbocycles. The third kappa shape index (κ3) is 4.44. The second kappa shape index (κ2) is 6.82. The Bertz CT molecular complexity index is 391. The van der Waals surface area contributed by atoms with Crippen molar-refractivity contribution in [2.75, 3.05) is 20.6 Å². The molecular formula is C14H22F2N2O. The van der Waals surface area contributed by atoms with Gasteiger partial charge in [-0.1, -0.05) is 13.8 Å². The fraction of sp³-hybridized carbons (Fsp3) is 0.571. The van der Waals surface area contributed by atoms with Crippen LogP contribution in [0.2, 0.25) is 0 Å². The van der Waals surface area contributed by atoms with Gasteiger partial charge in [0.1, 0.15) is 0 Å². The molecule has 0 amide bonds. The summed E-state index contributed by atoms with van der Waals surface area (Å²) in [6.45, 7) is 5.36. The molecule has 0 bridgehead atoms. The summed E-state index contributed by atoms with van der Waals surface area (Å²) in [5.41, 5.74) is 0.481. The van der Waals surface area contributed by atoms with Crippen LogP contribution >= 0.6 is 0 Å². The van der Waals surface area contributed by atoms with Crippen LogP contribution in [0.1, 0.15) is 19.4 Å². The molecule has 0 spiro atoms. The lowest BCUT2D eigenvalue weighted by Gasteiger charge is -2.28. The van der Waals surface area contributed by atoms with Gasteiger partial charge in [0.05, 0.1) is 0 Å². The Balaban J connectivity index is 2.58. The lowest BCUT2D eigenvalue weighted by atomic mass is 10.0. The average molecular weight is 272 g/mol. The number of halogens is 2. The number of phenolic OH excluding ortho intramolecular Hbond substituents is 1. The van der Waals surface area contributed by atoms with Crippen LogP contribution in [0.5, 0.6) is 5.75 Å². The van der Waals surface area contributed by atoms with Crippen molar-refractivity contribution in [3.63, 3.8) is 0 Å². The summed E-state index contributed by atoms with van der Waals surface area (Å²) in [7, 11) is 4.01. The molecule has 1 unspecified atom stereocenters. The highest BCUT2D eigenvalue weighted by Crippen LogP contribution is 2.21. The molecule has 1 aromatic rings. The number of nitrogens with one attached hydrogen (secondary N) is 1. The van der Waals surface area contributed by atoms with E-state index in [0.29, 0.717) is 24.1 Å². The predicted molar refractivity (Wildman–Crippen MR) is 72.0 cm³/mol. The average Bonchev–Trinajstić information content (AvgIpc) is 2.30. The lowest BCUT2D eigenvalue weighted by Crippen LogP contribution is -2.41. The topological polar surface area (TPSA) is 35.5 Å². The quantitative estimate of drug-likeness (QED) is 0.834. The molecule has 0 aliphatic rings. The Morgan fingerprint density at radius 1 is 1.21 bits per heavy atom. The van der Waals surface area contributed by atoms with Gasteiger partial charge in [0.2, 0.25) is 0 Å². The van der Waals surface area contributed by atoms with Gasteiger partial charge in [0, 0.05) is 19.1 Å². The lowest BCUT2D eigenvalue weighted by molar-refractivity contribution is 0.224. The Morgan fingerprint density at radius 2 is 1.74 bits per heavy atom. The van der Waals surface area contributed by atoms with E-state index >= 15 is 0 Å². The fourth-order valence-corrected chi connectivity index (χ4v) is 2.10. The molecule has 0 aliphatic heterocycles. The van der Waals surface area contributed by atoms with E-state index in [-0.39, 0.29) is 0 Å². The monoisotopic (exact) mass is 272 g/mol. The maximum Gasteiger partial charge on any atom is 0.187 e. The smallest absolute Gasteiger partial charge is 0.187 e. The largest absolute Gasteiger partial charge is 0.503 e. The first kappa shape index (κ1) is 15.9. The number of phenols is 1. The Morgan fingerprint density at radius 3 is 2.16 bits per heavy atom. The van der Waals surface area contributed by atoms with E-state index in [9.17, 15) is 8.78 Å². The maximum absolute atomic E-state index is 13.2. The minimum Gasteiger partial charge on any atom is -0.503 e. The maximum atomic E-state index is 13.2. The van der Waals surface area contributed by atoms with E-state index in [2.05, 4.69) is 24.1 Å². The van der Waals surface area contributed by atoms with Gasteiger partial charge in [0.15, 0.2) is 17.4 Å². The van der Waals surface area contributed by atoms with Crippen LogP contribution in [-0.2, 0) is 6.54 Å². The van der Waals surface area contributed by atoms with Crippen LogP contribution < -0.4 is 5.32 Å². The van der Waals surface area contributed by atoms with Gasteiger partial charge < -0.3 is 15.3 Å². The van der Waals surface area contributed by atoms with E-state index in [0.717, 1.165) is 18.7 Å². The number of benzene rings is 1. The Hall–Kier alpha value is -1.20. The van der Waals surface area contributed by atoms with E-state index in [1.807, 2.05) is 14.1 Å². The van der Waals surface area contributed by atoms with Crippen LogP contribution in [0.4, 0.5) is 8.78 Å². The van der Waals surface area contributed by atoms with E-state index < -0.39 is 17.4 Å². The SMILES string of the molecule is CC(C)C(CNCc1cc(F)c(O)c(F)c1)N(C)C. The normalized spacial score (nSPS) is 13.3. The van der Waals surface area contributed by atoms with Crippen LogP contribution in [-0.4, -0.2) is 36.7 Å². The first-order valence-corrected chi connectivity index (χ1v) is 6.37. The van der Waals surface area contributed by atoms with Crippen molar-refractivity contribution in [1.29, 1.82) is 0 Å². The summed E-state index contributed by atoms with van der Waals surface area (Å²) in [5.74, 6) is -2.29. The van der Waals surface area contributed by atoms with Gasteiger partial charge in [0.25, 0.3) is 0 Å². The summed E-state index contributed by atoms with van der Waals surface area (Å²) in [6, 6.07) is 2.64. The zero-order valence-corrected chi connectivity index (χ0v) is 11.9. The molecule has 1 rings (SSSR count). The highest BCUT2D eigenvalue weighted by Gasteiger charge is 2.15. The van der Waals surface area contributed by atoms with Crippen LogP contribution in [0, 0.1) is 17.6 Å². The van der Waals surface area contributed by atoms with Crippen LogP contribution in [0.15, 0.2) is 12.1 Å². The van der Waals surface area contributed by atoms with E-state index in [1.165, 1.54) is 0 Å². The van der Waals surface area contributed by atoms with Crippen molar-refractivity contribution in [2.45, 2.75) is 26.4 Å². The molecule has 5 heteroatoms. The summed E-state index contributed by atoms with van der Waals surface area (Å²) in [5, 5.41) is 12.2. The number of aromatic hydroxyl groups is 1. The first-order chi connectivity index (χ1) is 8.82. The zero-order chi connectivity index (χ0) is 14.6. The van der Waals surface area contributed by atoms with Gasteiger partial charge in [-0.25, -0.2) is 8.78 Å². The number of hydrogen-bond acceptors (Lipinski definition) is 3. The summed E-state index contributed by atoms with van der Waals surface area (Å²) >= 11 is 0. The highest BCUT2D eigenvalue weighted by molar-refractivity contribution is 5.29. The number of rotatable bonds is 6. The number of likely N-dealkylation sites (N-methyl/N-ethyl adjacent to an activating group) is 1. The molecule has 2 N–H and O–H groups in total. The molecule has 108 valence electrons. The van der Waals surface area contributed by atoms with Crippen LogP contribution in [0.3, 0.4) is 0 Å². The molecule has 0 heterocycles. The van der Waals surface area contributed by atoms with Crippen molar-refractivity contribution >= 4 is 0 Å². The van der Waals surface area contributed by atoms with Crippen molar-refractivity contribution < 1.29 is 13.9 Å². The number of hydrogen-bond donors (Lipinski definition) is 2. The molecule has 0 aliphatic carbocycles. The standard InChI is InChI=1S/C14H22F2N2O/c1-9(2)13(18(3)4)8-17-7-10-5-11(15)14(19)12(16)6-10/h5-6,9,13,17,19H,7-8H2,1-4H3. The van der Waals surface area contributed by atoms with Crippen molar-refractivity contribution in [3.05, 3.63) is 29.3 Å². The van der Waals surface area contributed by atoms with Crippen molar-refractivity contribution in [3.8, 4) is 5.75 Å². The van der Waals surface area contributed by atoms with Gasteiger partial charge in [-0.15, -0.1) is 0 Å². The first-order valence-electron chi connectivity index (χ1n) is 6.37. The van der Waals surface area contributed by atoms with Gasteiger partial charge in [-0.2, -0.15) is 0 Å². The van der Waals surface area contributed by atoms with E-state index in [4.69, 9.17) is 5.11 Å². The zero-order valence-electron chi connectivity index (χ0n) is 11.9. The molecule has 1 aromatic carbocycles.